The Labute approximate surface area is 140 Å². The van der Waals surface area contributed by atoms with Gasteiger partial charge in [-0.05, 0) is 30.4 Å². The van der Waals surface area contributed by atoms with Gasteiger partial charge in [-0.2, -0.15) is 0 Å². The molecule has 1 aromatic rings. The first-order chi connectivity index (χ1) is 11.5. The van der Waals surface area contributed by atoms with Crippen molar-refractivity contribution in [2.75, 3.05) is 20.3 Å². The first kappa shape index (κ1) is 16.7. The molecule has 5 heteroatoms. The van der Waals surface area contributed by atoms with E-state index in [9.17, 15) is 14.0 Å². The van der Waals surface area contributed by atoms with Gasteiger partial charge in [0.2, 0.25) is 0 Å². The molecular weight excluding hydrogens is 311 g/mol. The highest BCUT2D eigenvalue weighted by atomic mass is 19.1. The Morgan fingerprint density at radius 3 is 2.42 bits per heavy atom. The molecule has 0 amide bonds. The summed E-state index contributed by atoms with van der Waals surface area (Å²) in [5.41, 5.74) is -0.0103. The predicted octanol–water partition coefficient (Wildman–Crippen LogP) is 2.63. The number of benzene rings is 1. The van der Waals surface area contributed by atoms with Gasteiger partial charge >= 0.3 is 0 Å². The number of terminal acetylenes is 1. The predicted molar refractivity (Wildman–Crippen MR) is 85.4 cm³/mol. The van der Waals surface area contributed by atoms with Crippen molar-refractivity contribution in [3.05, 3.63) is 29.1 Å². The van der Waals surface area contributed by atoms with Crippen LogP contribution in [0.2, 0.25) is 0 Å². The van der Waals surface area contributed by atoms with E-state index in [1.54, 1.807) is 0 Å². The highest BCUT2D eigenvalue weighted by Gasteiger charge is 2.47. The molecule has 2 aliphatic rings. The standard InChI is InChI=1S/C19H19FO4/c1-3-12-8-13(20)17(16(9-12)23-2)18-14(21)10-19(11-15(18)22)4-6-24-7-5-19/h1,8-9,18H,4-7,10-11H2,2H3. The quantitative estimate of drug-likeness (QED) is 0.618. The second kappa shape index (κ2) is 6.37. The van der Waals surface area contributed by atoms with Crippen LogP contribution in [0.5, 0.6) is 5.75 Å². The van der Waals surface area contributed by atoms with Crippen LogP contribution < -0.4 is 4.74 Å². The second-order valence-electron chi connectivity index (χ2n) is 6.55. The minimum absolute atomic E-state index is 0.00779. The molecule has 0 aromatic heterocycles. The Morgan fingerprint density at radius 2 is 1.88 bits per heavy atom. The van der Waals surface area contributed by atoms with Gasteiger partial charge < -0.3 is 9.47 Å². The Kier molecular flexibility index (Phi) is 4.42. The van der Waals surface area contributed by atoms with E-state index in [2.05, 4.69) is 5.92 Å². The van der Waals surface area contributed by atoms with Crippen molar-refractivity contribution in [2.45, 2.75) is 31.6 Å². The fourth-order valence-electron chi connectivity index (χ4n) is 3.79. The largest absolute Gasteiger partial charge is 0.496 e. The number of carbonyl (C=O) groups is 2. The van der Waals surface area contributed by atoms with E-state index >= 15 is 0 Å². The lowest BCUT2D eigenvalue weighted by molar-refractivity contribution is -0.139. The molecule has 1 saturated carbocycles. The van der Waals surface area contributed by atoms with Crippen LogP contribution in [-0.2, 0) is 14.3 Å². The van der Waals surface area contributed by atoms with Crippen LogP contribution in [0.15, 0.2) is 12.1 Å². The summed E-state index contributed by atoms with van der Waals surface area (Å²) in [6.07, 6.45) is 7.22. The molecule has 1 aliphatic heterocycles. The van der Waals surface area contributed by atoms with E-state index in [1.165, 1.54) is 13.2 Å². The number of methoxy groups -OCH3 is 1. The molecule has 0 atom stereocenters. The molecule has 1 aliphatic carbocycles. The lowest BCUT2D eigenvalue weighted by atomic mass is 9.64. The van der Waals surface area contributed by atoms with Crippen LogP contribution >= 0.6 is 0 Å². The molecule has 0 radical (unpaired) electrons. The van der Waals surface area contributed by atoms with Gasteiger partial charge in [-0.15, -0.1) is 6.42 Å². The third-order valence-corrected chi connectivity index (χ3v) is 5.06. The third-order valence-electron chi connectivity index (χ3n) is 5.06. The van der Waals surface area contributed by atoms with Gasteiger partial charge in [0, 0.05) is 37.2 Å². The Bertz CT molecular complexity index is 706. The molecule has 0 N–H and O–H groups in total. The average Bonchev–Trinajstić information content (AvgIpc) is 2.55. The summed E-state index contributed by atoms with van der Waals surface area (Å²) in [5.74, 6) is 0.206. The molecule has 1 saturated heterocycles. The Balaban J connectivity index is 1.98. The zero-order chi connectivity index (χ0) is 17.3. The summed E-state index contributed by atoms with van der Waals surface area (Å²) in [4.78, 5) is 25.5. The third kappa shape index (κ3) is 2.83. The van der Waals surface area contributed by atoms with Crippen molar-refractivity contribution in [1.29, 1.82) is 0 Å². The molecule has 0 unspecified atom stereocenters. The number of carbonyl (C=O) groups excluding carboxylic acids is 2. The van der Waals surface area contributed by atoms with Crippen LogP contribution in [0.1, 0.15) is 42.7 Å². The number of ketones is 2. The van der Waals surface area contributed by atoms with Crippen molar-refractivity contribution < 1.29 is 23.5 Å². The maximum absolute atomic E-state index is 14.5. The van der Waals surface area contributed by atoms with Gasteiger partial charge in [-0.25, -0.2) is 4.39 Å². The fraction of sp³-hybridized carbons (Fsp3) is 0.474. The Hall–Kier alpha value is -2.19. The molecule has 2 fully saturated rings. The van der Waals surface area contributed by atoms with Gasteiger partial charge in [0.05, 0.1) is 7.11 Å². The summed E-state index contributed by atoms with van der Waals surface area (Å²) < 4.78 is 25.1. The van der Waals surface area contributed by atoms with E-state index in [4.69, 9.17) is 15.9 Å². The number of rotatable bonds is 2. The first-order valence-corrected chi connectivity index (χ1v) is 7.97. The Morgan fingerprint density at radius 1 is 1.25 bits per heavy atom. The van der Waals surface area contributed by atoms with Crippen LogP contribution in [0.3, 0.4) is 0 Å². The molecule has 3 rings (SSSR count). The van der Waals surface area contributed by atoms with Crippen molar-refractivity contribution in [3.63, 3.8) is 0 Å². The molecule has 126 valence electrons. The first-order valence-electron chi connectivity index (χ1n) is 7.97. The molecule has 24 heavy (non-hydrogen) atoms. The number of ether oxygens (including phenoxy) is 2. The van der Waals surface area contributed by atoms with Crippen molar-refractivity contribution in [3.8, 4) is 18.1 Å². The minimum Gasteiger partial charge on any atom is -0.496 e. The van der Waals surface area contributed by atoms with E-state index in [-0.39, 0.29) is 41.1 Å². The van der Waals surface area contributed by atoms with E-state index in [1.807, 2.05) is 0 Å². The van der Waals surface area contributed by atoms with Gasteiger partial charge in [-0.1, -0.05) is 5.92 Å². The fourth-order valence-corrected chi connectivity index (χ4v) is 3.79. The van der Waals surface area contributed by atoms with Crippen molar-refractivity contribution in [2.24, 2.45) is 5.41 Å². The minimum atomic E-state index is -1.11. The van der Waals surface area contributed by atoms with Crippen LogP contribution in [-0.4, -0.2) is 31.9 Å². The van der Waals surface area contributed by atoms with Crippen molar-refractivity contribution in [1.82, 2.24) is 0 Å². The normalized spacial score (nSPS) is 20.9. The van der Waals surface area contributed by atoms with E-state index in [0.717, 1.165) is 6.07 Å². The van der Waals surface area contributed by atoms with Crippen LogP contribution in [0.4, 0.5) is 4.39 Å². The lowest BCUT2D eigenvalue weighted by Gasteiger charge is -2.41. The van der Waals surface area contributed by atoms with Crippen LogP contribution in [0, 0.1) is 23.6 Å². The monoisotopic (exact) mass is 330 g/mol. The number of Topliss-reactive ketones (excluding diaryl/α,β-unsaturated/α-hetero) is 2. The molecular formula is C19H19FO4. The van der Waals surface area contributed by atoms with Gasteiger partial charge in [0.15, 0.2) is 0 Å². The zero-order valence-electron chi connectivity index (χ0n) is 13.6. The molecule has 1 heterocycles. The smallest absolute Gasteiger partial charge is 0.148 e. The highest BCUT2D eigenvalue weighted by molar-refractivity contribution is 6.10. The van der Waals surface area contributed by atoms with Crippen molar-refractivity contribution >= 4 is 11.6 Å². The van der Waals surface area contributed by atoms with Crippen LogP contribution in [0.25, 0.3) is 0 Å². The topological polar surface area (TPSA) is 52.6 Å². The van der Waals surface area contributed by atoms with Gasteiger partial charge in [0.25, 0.3) is 0 Å². The average molecular weight is 330 g/mol. The summed E-state index contributed by atoms with van der Waals surface area (Å²) in [6.45, 7) is 1.11. The molecule has 0 bridgehead atoms. The maximum Gasteiger partial charge on any atom is 0.148 e. The molecule has 4 nitrogen and oxygen atoms in total. The zero-order valence-corrected chi connectivity index (χ0v) is 13.6. The highest BCUT2D eigenvalue weighted by Crippen LogP contribution is 2.47. The number of hydrogen-bond donors (Lipinski definition) is 0. The lowest BCUT2D eigenvalue weighted by Crippen LogP contribution is -2.42. The van der Waals surface area contributed by atoms with E-state index in [0.29, 0.717) is 31.6 Å². The van der Waals surface area contributed by atoms with Gasteiger partial charge in [0.1, 0.15) is 29.1 Å². The second-order valence-corrected chi connectivity index (χ2v) is 6.55. The number of halogens is 1. The summed E-state index contributed by atoms with van der Waals surface area (Å²) in [5, 5.41) is 0. The summed E-state index contributed by atoms with van der Waals surface area (Å²) in [6, 6.07) is 2.65. The van der Waals surface area contributed by atoms with E-state index < -0.39 is 11.7 Å². The SMILES string of the molecule is C#Cc1cc(F)c(C2C(=O)CC3(CCOCC3)CC2=O)c(OC)c1. The maximum atomic E-state index is 14.5. The van der Waals surface area contributed by atoms with Gasteiger partial charge in [-0.3, -0.25) is 9.59 Å². The molecule has 1 spiro atoms. The molecule has 1 aromatic carbocycles. The summed E-state index contributed by atoms with van der Waals surface area (Å²) >= 11 is 0. The summed E-state index contributed by atoms with van der Waals surface area (Å²) in [7, 11) is 1.37. The number of hydrogen-bond acceptors (Lipinski definition) is 4.